The lowest BCUT2D eigenvalue weighted by molar-refractivity contribution is -0.155. The maximum Gasteiger partial charge on any atom is 0.323 e. The summed E-state index contributed by atoms with van der Waals surface area (Å²) in [5.74, 6) is -0.135. The number of carbonyl (C=O) groups excluding carboxylic acids is 1. The van der Waals surface area contributed by atoms with Crippen molar-refractivity contribution in [1.29, 1.82) is 0 Å². The Bertz CT molecular complexity index is 945. The van der Waals surface area contributed by atoms with E-state index in [1.54, 1.807) is 0 Å². The van der Waals surface area contributed by atoms with Crippen LogP contribution in [0, 0.1) is 0 Å². The molecule has 0 saturated heterocycles. The van der Waals surface area contributed by atoms with E-state index < -0.39 is 0 Å². The summed E-state index contributed by atoms with van der Waals surface area (Å²) in [4.78, 5) is 18.8. The van der Waals surface area contributed by atoms with Gasteiger partial charge in [0.15, 0.2) is 0 Å². The van der Waals surface area contributed by atoms with Crippen molar-refractivity contribution in [2.24, 2.45) is 0 Å². The van der Waals surface area contributed by atoms with Gasteiger partial charge in [0.25, 0.3) is 0 Å². The number of aromatic nitrogens is 1. The molecule has 2 heterocycles. The van der Waals surface area contributed by atoms with E-state index in [1.165, 1.54) is 22.2 Å². The molecule has 2 atom stereocenters. The molecule has 0 aliphatic carbocycles. The number of rotatable bonds is 4. The van der Waals surface area contributed by atoms with E-state index in [0.29, 0.717) is 13.0 Å². The summed E-state index contributed by atoms with van der Waals surface area (Å²) in [5, 5.41) is 1.21. The van der Waals surface area contributed by atoms with E-state index >= 15 is 0 Å². The molecule has 4 nitrogen and oxygen atoms in total. The highest BCUT2D eigenvalue weighted by atomic mass is 16.5. The number of H-pyrrole nitrogens is 1. The Morgan fingerprint density at radius 1 is 1.15 bits per heavy atom. The molecule has 2 aromatic carbocycles. The monoisotopic (exact) mass is 362 g/mol. The van der Waals surface area contributed by atoms with Gasteiger partial charge < -0.3 is 9.72 Å². The lowest BCUT2D eigenvalue weighted by Crippen LogP contribution is -2.48. The normalized spacial score (nSPS) is 20.0. The van der Waals surface area contributed by atoms with Crippen molar-refractivity contribution >= 4 is 16.9 Å². The van der Waals surface area contributed by atoms with Crippen LogP contribution in [0.2, 0.25) is 0 Å². The van der Waals surface area contributed by atoms with Crippen molar-refractivity contribution in [2.75, 3.05) is 0 Å². The molecule has 0 saturated carbocycles. The second kappa shape index (κ2) is 7.20. The Balaban J connectivity index is 1.75. The van der Waals surface area contributed by atoms with Crippen LogP contribution in [0.25, 0.3) is 10.9 Å². The van der Waals surface area contributed by atoms with E-state index in [4.69, 9.17) is 4.74 Å². The van der Waals surface area contributed by atoms with Crippen LogP contribution < -0.4 is 0 Å². The van der Waals surface area contributed by atoms with E-state index in [1.807, 2.05) is 38.1 Å². The molecule has 0 spiro atoms. The van der Waals surface area contributed by atoms with E-state index in [9.17, 15) is 4.79 Å². The molecule has 0 unspecified atom stereocenters. The molecular formula is C23H26N2O2. The van der Waals surface area contributed by atoms with Gasteiger partial charge in [-0.2, -0.15) is 0 Å². The number of hydrogen-bond donors (Lipinski definition) is 1. The molecule has 1 aliphatic rings. The van der Waals surface area contributed by atoms with Crippen molar-refractivity contribution < 1.29 is 9.53 Å². The Morgan fingerprint density at radius 3 is 2.59 bits per heavy atom. The number of benzene rings is 2. The first kappa shape index (κ1) is 17.8. The molecule has 140 valence electrons. The number of hydrogen-bond acceptors (Lipinski definition) is 3. The Labute approximate surface area is 160 Å². The molecule has 0 bridgehead atoms. The number of ether oxygens (including phenoxy) is 1. The van der Waals surface area contributed by atoms with E-state index in [0.717, 1.165) is 5.52 Å². The van der Waals surface area contributed by atoms with Crippen molar-refractivity contribution in [3.8, 4) is 0 Å². The lowest BCUT2D eigenvalue weighted by Gasteiger charge is -2.39. The molecule has 1 aliphatic heterocycles. The van der Waals surface area contributed by atoms with Crippen molar-refractivity contribution in [1.82, 2.24) is 9.88 Å². The van der Waals surface area contributed by atoms with Crippen molar-refractivity contribution in [2.45, 2.75) is 51.9 Å². The third-order valence-electron chi connectivity index (χ3n) is 5.39. The maximum absolute atomic E-state index is 12.9. The first-order valence-corrected chi connectivity index (χ1v) is 9.64. The van der Waals surface area contributed by atoms with Crippen LogP contribution >= 0.6 is 0 Å². The fourth-order valence-corrected chi connectivity index (χ4v) is 4.11. The minimum atomic E-state index is -0.283. The van der Waals surface area contributed by atoms with Gasteiger partial charge in [-0.1, -0.05) is 48.5 Å². The van der Waals surface area contributed by atoms with Crippen molar-refractivity contribution in [3.05, 3.63) is 71.4 Å². The molecule has 0 radical (unpaired) electrons. The standard InChI is InChI=1S/C23H26N2O2/c1-15(2)27-23(26)21-13-19-18-11-7-8-12-20(18)24-22(19)16(3)25(21)14-17-9-5-4-6-10-17/h4-12,15-16,21,24H,13-14H2,1-3H3/t16-,21+/m1/s1. The fourth-order valence-electron chi connectivity index (χ4n) is 4.11. The number of carbonyl (C=O) groups is 1. The number of para-hydroxylation sites is 1. The topological polar surface area (TPSA) is 45.3 Å². The number of fused-ring (bicyclic) bond motifs is 3. The second-order valence-corrected chi connectivity index (χ2v) is 7.60. The first-order valence-electron chi connectivity index (χ1n) is 9.64. The minimum absolute atomic E-state index is 0.103. The third kappa shape index (κ3) is 3.37. The maximum atomic E-state index is 12.9. The van der Waals surface area contributed by atoms with Crippen LogP contribution in [0.5, 0.6) is 0 Å². The average Bonchev–Trinajstić information content (AvgIpc) is 3.03. The van der Waals surface area contributed by atoms with Gasteiger partial charge in [0.1, 0.15) is 6.04 Å². The Hall–Kier alpha value is -2.59. The van der Waals surface area contributed by atoms with Crippen LogP contribution in [-0.4, -0.2) is 28.0 Å². The SMILES string of the molecule is CC(C)OC(=O)[C@@H]1Cc2c([nH]c3ccccc23)[C@@H](C)N1Cc1ccccc1. The highest BCUT2D eigenvalue weighted by Crippen LogP contribution is 2.38. The average molecular weight is 362 g/mol. The van der Waals surface area contributed by atoms with Crippen LogP contribution in [0.3, 0.4) is 0 Å². The summed E-state index contributed by atoms with van der Waals surface area (Å²) < 4.78 is 5.62. The van der Waals surface area contributed by atoms with Gasteiger partial charge in [-0.25, -0.2) is 0 Å². The highest BCUT2D eigenvalue weighted by molar-refractivity contribution is 5.87. The zero-order valence-electron chi connectivity index (χ0n) is 16.1. The predicted octanol–water partition coefficient (Wildman–Crippen LogP) is 4.61. The number of nitrogens with zero attached hydrogens (tertiary/aromatic N) is 1. The predicted molar refractivity (Wildman–Crippen MR) is 107 cm³/mol. The van der Waals surface area contributed by atoms with E-state index in [2.05, 4.69) is 47.1 Å². The zero-order chi connectivity index (χ0) is 19.0. The van der Waals surface area contributed by atoms with Gasteiger partial charge in [-0.05, 0) is 38.0 Å². The summed E-state index contributed by atoms with van der Waals surface area (Å²) >= 11 is 0. The van der Waals surface area contributed by atoms with Crippen LogP contribution in [-0.2, 0) is 22.5 Å². The lowest BCUT2D eigenvalue weighted by atomic mass is 9.91. The fraction of sp³-hybridized carbons (Fsp3) is 0.348. The molecule has 0 fully saturated rings. The molecular weight excluding hydrogens is 336 g/mol. The second-order valence-electron chi connectivity index (χ2n) is 7.60. The Kier molecular flexibility index (Phi) is 4.75. The highest BCUT2D eigenvalue weighted by Gasteiger charge is 2.39. The van der Waals surface area contributed by atoms with Gasteiger partial charge in [-0.3, -0.25) is 9.69 Å². The first-order chi connectivity index (χ1) is 13.0. The van der Waals surface area contributed by atoms with Crippen LogP contribution in [0.1, 0.15) is 43.6 Å². The summed E-state index contributed by atoms with van der Waals surface area (Å²) in [7, 11) is 0. The van der Waals surface area contributed by atoms with Crippen LogP contribution in [0.15, 0.2) is 54.6 Å². The minimum Gasteiger partial charge on any atom is -0.462 e. The molecule has 4 rings (SSSR count). The zero-order valence-corrected chi connectivity index (χ0v) is 16.1. The third-order valence-corrected chi connectivity index (χ3v) is 5.39. The molecule has 27 heavy (non-hydrogen) atoms. The number of esters is 1. The number of aromatic amines is 1. The smallest absolute Gasteiger partial charge is 0.323 e. The molecule has 3 aromatic rings. The van der Waals surface area contributed by atoms with Gasteiger partial charge >= 0.3 is 5.97 Å². The van der Waals surface area contributed by atoms with Gasteiger partial charge in [0.2, 0.25) is 0 Å². The van der Waals surface area contributed by atoms with Gasteiger partial charge in [0.05, 0.1) is 6.10 Å². The molecule has 1 aromatic heterocycles. The quantitative estimate of drug-likeness (QED) is 0.690. The summed E-state index contributed by atoms with van der Waals surface area (Å²) in [6.45, 7) is 6.70. The summed E-state index contributed by atoms with van der Waals surface area (Å²) in [5.41, 5.74) is 4.78. The van der Waals surface area contributed by atoms with Crippen LogP contribution in [0.4, 0.5) is 0 Å². The molecule has 4 heteroatoms. The van der Waals surface area contributed by atoms with E-state index in [-0.39, 0.29) is 24.2 Å². The van der Waals surface area contributed by atoms with Gasteiger partial charge in [0, 0.05) is 35.6 Å². The Morgan fingerprint density at radius 2 is 1.85 bits per heavy atom. The number of nitrogens with one attached hydrogen (secondary N) is 1. The summed E-state index contributed by atoms with van der Waals surface area (Å²) in [6, 6.07) is 18.5. The largest absolute Gasteiger partial charge is 0.462 e. The summed E-state index contributed by atoms with van der Waals surface area (Å²) in [6.07, 6.45) is 0.554. The molecule has 0 amide bonds. The van der Waals surface area contributed by atoms with Gasteiger partial charge in [-0.15, -0.1) is 0 Å². The van der Waals surface area contributed by atoms with Crippen molar-refractivity contribution in [3.63, 3.8) is 0 Å². The molecule has 1 N–H and O–H groups in total.